The number of hydrogen-bond acceptors (Lipinski definition) is 6. The topological polar surface area (TPSA) is 73.9 Å². The molecule has 0 radical (unpaired) electrons. The fourth-order valence-corrected chi connectivity index (χ4v) is 12.6. The number of methoxy groups -OCH3 is 2. The average Bonchev–Trinajstić information content (AvgIpc) is 3.22. The first-order valence-electron chi connectivity index (χ1n) is 13.6. The fraction of sp³-hybridized carbons (Fsp3) is 0.467. The van der Waals surface area contributed by atoms with E-state index in [0.29, 0.717) is 17.2 Å². The second-order valence-corrected chi connectivity index (χ2v) is 15.5. The third-order valence-electron chi connectivity index (χ3n) is 8.15. The second-order valence-electron chi connectivity index (χ2n) is 11.7. The molecule has 0 saturated heterocycles. The Morgan fingerprint density at radius 2 is 1.30 bits per heavy atom. The van der Waals surface area contributed by atoms with Crippen molar-refractivity contribution in [3.8, 4) is 0 Å². The van der Waals surface area contributed by atoms with Gasteiger partial charge in [0.15, 0.2) is 0 Å². The average molecular weight is 634 g/mol. The zero-order valence-corrected chi connectivity index (χ0v) is 25.8. The molecule has 0 aromatic heterocycles. The van der Waals surface area contributed by atoms with Gasteiger partial charge in [-0.3, -0.25) is 0 Å². The van der Waals surface area contributed by atoms with Gasteiger partial charge in [0.2, 0.25) is 0 Å². The Bertz CT molecular complexity index is 1490. The zero-order valence-electron chi connectivity index (χ0n) is 25.0. The molecule has 13 heteroatoms. The third kappa shape index (κ3) is 4.15. The van der Waals surface area contributed by atoms with Crippen molar-refractivity contribution < 1.29 is 49.9 Å². The van der Waals surface area contributed by atoms with E-state index in [1.54, 1.807) is 39.8 Å². The van der Waals surface area contributed by atoms with Crippen LogP contribution in [0.2, 0.25) is 0 Å². The van der Waals surface area contributed by atoms with Crippen LogP contribution in [0.3, 0.4) is 0 Å². The summed E-state index contributed by atoms with van der Waals surface area (Å²) in [4.78, 5) is 26.6. The van der Waals surface area contributed by atoms with E-state index in [2.05, 4.69) is 5.09 Å². The molecule has 1 N–H and O–H groups in total. The van der Waals surface area contributed by atoms with Crippen LogP contribution in [0.5, 0.6) is 0 Å². The molecule has 2 heterocycles. The molecule has 0 amide bonds. The molecular weight excluding hydrogens is 599 g/mol. The first kappa shape index (κ1) is 32.8. The van der Waals surface area contributed by atoms with Crippen molar-refractivity contribution in [3.63, 3.8) is 0 Å². The number of nitrogens with one attached hydrogen (secondary N) is 1. The Morgan fingerprint density at radius 3 is 1.72 bits per heavy atom. The van der Waals surface area contributed by atoms with Gasteiger partial charge in [0.05, 0.1) is 0 Å². The number of carbonyl (C=O) groups excluding carboxylic acids is 2. The zero-order chi connectivity index (χ0) is 32.5. The van der Waals surface area contributed by atoms with E-state index in [-0.39, 0.29) is 11.2 Å². The van der Waals surface area contributed by atoms with Crippen LogP contribution >= 0.6 is 6.98 Å². The number of benzene rings is 2. The molecule has 2 aromatic carbocycles. The van der Waals surface area contributed by atoms with Gasteiger partial charge in [-0.05, 0) is 0 Å². The molecule has 2 aromatic rings. The predicted octanol–water partition coefficient (Wildman–Crippen LogP) is 6.90. The van der Waals surface area contributed by atoms with E-state index in [9.17, 15) is 9.59 Å². The number of carbonyl (C=O) groups is 2. The Labute approximate surface area is 245 Å². The molecule has 0 aliphatic carbocycles. The number of rotatable bonds is 6. The van der Waals surface area contributed by atoms with Crippen LogP contribution in [0.1, 0.15) is 81.5 Å². The molecule has 236 valence electrons. The Hall–Kier alpha value is -3.11. The summed E-state index contributed by atoms with van der Waals surface area (Å²) in [5, 5.41) is 1.43. The van der Waals surface area contributed by atoms with Crippen LogP contribution in [0, 0.1) is 0 Å². The molecule has 4 rings (SSSR count). The Balaban J connectivity index is 2.43. The normalized spacial score (nSPS) is 19.5. The van der Waals surface area contributed by atoms with Gasteiger partial charge in [-0.25, -0.2) is 0 Å². The van der Waals surface area contributed by atoms with Crippen molar-refractivity contribution >= 4 is 29.5 Å². The van der Waals surface area contributed by atoms with Crippen LogP contribution in [-0.4, -0.2) is 38.5 Å². The van der Waals surface area contributed by atoms with E-state index >= 15 is 26.3 Å². The van der Waals surface area contributed by atoms with Gasteiger partial charge in [-0.15, -0.1) is 0 Å². The van der Waals surface area contributed by atoms with Crippen LogP contribution < -0.4 is 15.7 Å². The van der Waals surface area contributed by atoms with Crippen molar-refractivity contribution in [2.75, 3.05) is 14.2 Å². The predicted molar refractivity (Wildman–Crippen MR) is 150 cm³/mol. The number of halogens is 6. The summed E-state index contributed by atoms with van der Waals surface area (Å²) < 4.78 is 106. The minimum atomic E-state index is -6.04. The Morgan fingerprint density at radius 1 is 0.814 bits per heavy atom. The summed E-state index contributed by atoms with van der Waals surface area (Å²) >= 11 is 0. The molecule has 43 heavy (non-hydrogen) atoms. The van der Waals surface area contributed by atoms with E-state index in [1.165, 1.54) is 6.07 Å². The van der Waals surface area contributed by atoms with Crippen molar-refractivity contribution in [2.24, 2.45) is 0 Å². The summed E-state index contributed by atoms with van der Waals surface area (Å²) in [5.41, 5.74) is -5.17. The summed E-state index contributed by atoms with van der Waals surface area (Å²) in [6, 6.07) is 7.57. The molecule has 0 bridgehead atoms. The number of ether oxygens (including phenoxy) is 2. The standard InChI is InChI=1S/C30H34F6NO5P/c1-15(2)18-13-19(16(3)4)24(20(14-18)17(5)6)43(25(27(39)41-8)23(37-43)26(38)40-7)22-12-10-9-11-21(22)28(42-43,29(31,32)33)30(34,35)36/h9-17,37H,1-8H3. The first-order valence-corrected chi connectivity index (χ1v) is 15.8. The molecule has 0 fully saturated rings. The molecule has 0 saturated carbocycles. The van der Waals surface area contributed by atoms with Gasteiger partial charge >= 0.3 is 246 Å². The van der Waals surface area contributed by atoms with E-state index < -0.39 is 70.6 Å². The van der Waals surface area contributed by atoms with Crippen LogP contribution in [0.25, 0.3) is 0 Å². The molecule has 2 aliphatic rings. The van der Waals surface area contributed by atoms with Gasteiger partial charge in [-0.2, -0.15) is 0 Å². The number of esters is 2. The summed E-state index contributed by atoms with van der Waals surface area (Å²) in [6.45, 7) is 4.95. The third-order valence-corrected chi connectivity index (χ3v) is 13.4. The van der Waals surface area contributed by atoms with Gasteiger partial charge in [0.1, 0.15) is 0 Å². The Kier molecular flexibility index (Phi) is 7.80. The van der Waals surface area contributed by atoms with Crippen molar-refractivity contribution in [2.45, 2.75) is 77.2 Å². The number of fused-ring (bicyclic) bond motifs is 2. The fourth-order valence-electron chi connectivity index (χ4n) is 6.18. The quantitative estimate of drug-likeness (QED) is 0.212. The van der Waals surface area contributed by atoms with Crippen LogP contribution in [0.4, 0.5) is 26.3 Å². The molecule has 0 atom stereocenters. The number of alkyl halides is 6. The van der Waals surface area contributed by atoms with Crippen molar-refractivity contribution in [1.82, 2.24) is 5.09 Å². The molecule has 0 unspecified atom stereocenters. The minimum absolute atomic E-state index is 0.0173. The summed E-state index contributed by atoms with van der Waals surface area (Å²) in [6.07, 6.45) is -12.1. The molecule has 6 nitrogen and oxygen atoms in total. The maximum atomic E-state index is 15.1. The van der Waals surface area contributed by atoms with Crippen molar-refractivity contribution in [1.29, 1.82) is 0 Å². The molecular formula is C30H34F6NO5P. The number of hydrogen-bond donors (Lipinski definition) is 1. The first-order chi connectivity index (χ1) is 19.8. The van der Waals surface area contributed by atoms with Gasteiger partial charge in [0.25, 0.3) is 0 Å². The molecule has 2 aliphatic heterocycles. The SMILES string of the molecule is COC(=O)C1=C(C(=O)OC)P2(c3c(C(C)C)cc(C(C)C)cc3C(C)C)(N1)OC(C(F)(F)F)(C(F)(F)F)c1ccccc12. The maximum absolute atomic E-state index is 15.1. The van der Waals surface area contributed by atoms with Gasteiger partial charge < -0.3 is 0 Å². The van der Waals surface area contributed by atoms with E-state index in [0.717, 1.165) is 31.9 Å². The summed E-state index contributed by atoms with van der Waals surface area (Å²) in [5.74, 6) is -3.48. The van der Waals surface area contributed by atoms with Crippen LogP contribution in [-0.2, 0) is 29.2 Å². The van der Waals surface area contributed by atoms with E-state index in [4.69, 9.17) is 14.0 Å². The van der Waals surface area contributed by atoms with Gasteiger partial charge in [-0.1, -0.05) is 0 Å². The van der Waals surface area contributed by atoms with Gasteiger partial charge in [0, 0.05) is 0 Å². The van der Waals surface area contributed by atoms with Crippen molar-refractivity contribution in [3.05, 3.63) is 69.7 Å². The van der Waals surface area contributed by atoms with E-state index in [1.807, 2.05) is 13.8 Å². The van der Waals surface area contributed by atoms with Crippen LogP contribution in [0.15, 0.2) is 47.4 Å². The monoisotopic (exact) mass is 633 g/mol. The molecule has 1 spiro atoms. The summed E-state index contributed by atoms with van der Waals surface area (Å²) in [7, 11) is 1.90. The second kappa shape index (κ2) is 10.2.